The van der Waals surface area contributed by atoms with Crippen LogP contribution >= 0.6 is 0 Å². The van der Waals surface area contributed by atoms with E-state index in [1.165, 1.54) is 57.8 Å². The zero-order valence-electron chi connectivity index (χ0n) is 30.6. The van der Waals surface area contributed by atoms with Crippen molar-refractivity contribution < 1.29 is 39.2 Å². The number of unbranched alkanes of at least 4 members (excludes halogenated alkanes) is 12. The Bertz CT molecular complexity index is 900. The predicted molar refractivity (Wildman–Crippen MR) is 192 cm³/mol. The minimum atomic E-state index is -1.05. The number of Topliss-reactive ketones (excluding diaryl/α,β-unsaturated/α-hetero) is 1. The number of ether oxygens (including phenoxy) is 2. The molecule has 6 atom stereocenters. The summed E-state index contributed by atoms with van der Waals surface area (Å²) in [6.45, 7) is 6.32. The maximum atomic E-state index is 12.4. The fourth-order valence-electron chi connectivity index (χ4n) is 6.16. The lowest BCUT2D eigenvalue weighted by Gasteiger charge is -2.16. The van der Waals surface area contributed by atoms with Crippen LogP contribution in [0, 0.1) is 17.8 Å². The number of allylic oxidation sites excluding steroid dienone is 2. The molecule has 0 aromatic heterocycles. The second kappa shape index (κ2) is 28.8. The van der Waals surface area contributed by atoms with E-state index in [9.17, 15) is 29.7 Å². The summed E-state index contributed by atoms with van der Waals surface area (Å²) in [4.78, 5) is 36.5. The molecule has 1 rings (SSSR count). The third kappa shape index (κ3) is 22.6. The Labute approximate surface area is 292 Å². The first-order valence-electron chi connectivity index (χ1n) is 19.4. The van der Waals surface area contributed by atoms with Crippen LogP contribution in [0.25, 0.3) is 0 Å². The van der Waals surface area contributed by atoms with Gasteiger partial charge in [-0.3, -0.25) is 14.4 Å². The van der Waals surface area contributed by atoms with E-state index in [2.05, 4.69) is 20.8 Å². The fraction of sp³-hybridized carbons (Fsp3) is 0.825. The van der Waals surface area contributed by atoms with Crippen molar-refractivity contribution in [1.29, 1.82) is 0 Å². The van der Waals surface area contributed by atoms with Crippen LogP contribution in [0.2, 0.25) is 0 Å². The summed E-state index contributed by atoms with van der Waals surface area (Å²) in [6, 6.07) is 0. The molecule has 0 aliphatic heterocycles. The number of rotatable bonds is 30. The van der Waals surface area contributed by atoms with Gasteiger partial charge >= 0.3 is 11.9 Å². The summed E-state index contributed by atoms with van der Waals surface area (Å²) in [5, 5.41) is 30.5. The molecule has 0 amide bonds. The molecule has 1 fully saturated rings. The van der Waals surface area contributed by atoms with E-state index >= 15 is 0 Å². The Balaban J connectivity index is 2.06. The van der Waals surface area contributed by atoms with Crippen LogP contribution < -0.4 is 0 Å². The largest absolute Gasteiger partial charge is 0.463 e. The Morgan fingerprint density at radius 2 is 1.35 bits per heavy atom. The highest BCUT2D eigenvalue weighted by atomic mass is 16.6. The van der Waals surface area contributed by atoms with Gasteiger partial charge in [-0.2, -0.15) is 0 Å². The molecule has 0 aromatic rings. The molecule has 0 saturated heterocycles. The van der Waals surface area contributed by atoms with Gasteiger partial charge in [-0.05, 0) is 38.0 Å². The SMILES string of the molecule is CCCCC[C@H](O)/C=C/[C@H]1[C@H](O)CC(=O)[C@@H]1C/C=C\CCCC(=O)OC[C@H](O)COC(=O)CCCCCCCCCCCCC(C)CC. The molecule has 1 unspecified atom stereocenters. The minimum Gasteiger partial charge on any atom is -0.463 e. The molecule has 0 heterocycles. The zero-order valence-corrected chi connectivity index (χ0v) is 30.6. The van der Waals surface area contributed by atoms with Crippen molar-refractivity contribution in [1.82, 2.24) is 0 Å². The van der Waals surface area contributed by atoms with Gasteiger partial charge in [0.1, 0.15) is 25.1 Å². The van der Waals surface area contributed by atoms with Gasteiger partial charge in [0.15, 0.2) is 0 Å². The smallest absolute Gasteiger partial charge is 0.305 e. The maximum absolute atomic E-state index is 12.4. The van der Waals surface area contributed by atoms with Gasteiger partial charge in [0.05, 0.1) is 12.2 Å². The third-order valence-electron chi connectivity index (χ3n) is 9.60. The van der Waals surface area contributed by atoms with Crippen LogP contribution in [0.3, 0.4) is 0 Å². The van der Waals surface area contributed by atoms with Crippen molar-refractivity contribution >= 4 is 17.7 Å². The number of aliphatic hydroxyl groups is 3. The highest BCUT2D eigenvalue weighted by Crippen LogP contribution is 2.33. The molecule has 1 aliphatic rings. The van der Waals surface area contributed by atoms with Crippen LogP contribution in [0.4, 0.5) is 0 Å². The number of carbonyl (C=O) groups is 3. The fourth-order valence-corrected chi connectivity index (χ4v) is 6.16. The Morgan fingerprint density at radius 1 is 0.792 bits per heavy atom. The van der Waals surface area contributed by atoms with E-state index in [0.717, 1.165) is 44.4 Å². The van der Waals surface area contributed by atoms with Crippen molar-refractivity contribution in [2.24, 2.45) is 17.8 Å². The van der Waals surface area contributed by atoms with E-state index in [0.29, 0.717) is 32.1 Å². The minimum absolute atomic E-state index is 0.0319. The number of hydrogen-bond acceptors (Lipinski definition) is 8. The average Bonchev–Trinajstić information content (AvgIpc) is 3.34. The molecule has 3 N–H and O–H groups in total. The second-order valence-electron chi connectivity index (χ2n) is 14.1. The summed E-state index contributed by atoms with van der Waals surface area (Å²) in [7, 11) is 0. The van der Waals surface area contributed by atoms with E-state index < -0.39 is 24.3 Å². The monoisotopic (exact) mass is 679 g/mol. The van der Waals surface area contributed by atoms with Crippen molar-refractivity contribution in [2.45, 2.75) is 180 Å². The predicted octanol–water partition coefficient (Wildman–Crippen LogP) is 8.34. The molecule has 0 aromatic carbocycles. The molecule has 0 bridgehead atoms. The maximum Gasteiger partial charge on any atom is 0.305 e. The Hall–Kier alpha value is -2.03. The third-order valence-corrected chi connectivity index (χ3v) is 9.60. The van der Waals surface area contributed by atoms with Crippen molar-refractivity contribution in [3.8, 4) is 0 Å². The lowest BCUT2D eigenvalue weighted by atomic mass is 9.90. The van der Waals surface area contributed by atoms with Crippen molar-refractivity contribution in [3.63, 3.8) is 0 Å². The van der Waals surface area contributed by atoms with Gasteiger partial charge in [-0.15, -0.1) is 0 Å². The molecule has 1 saturated carbocycles. The zero-order chi connectivity index (χ0) is 35.4. The summed E-state index contributed by atoms with van der Waals surface area (Å²) in [5.74, 6) is -0.473. The van der Waals surface area contributed by atoms with E-state index in [-0.39, 0.29) is 49.6 Å². The quantitative estimate of drug-likeness (QED) is 0.0393. The molecule has 48 heavy (non-hydrogen) atoms. The molecule has 278 valence electrons. The van der Waals surface area contributed by atoms with Crippen molar-refractivity contribution in [3.05, 3.63) is 24.3 Å². The summed E-state index contributed by atoms with van der Waals surface area (Å²) < 4.78 is 10.3. The topological polar surface area (TPSA) is 130 Å². The van der Waals surface area contributed by atoms with Crippen LogP contribution in [0.1, 0.15) is 162 Å². The first kappa shape index (κ1) is 44.0. The van der Waals surface area contributed by atoms with E-state index in [4.69, 9.17) is 9.47 Å². The summed E-state index contributed by atoms with van der Waals surface area (Å²) >= 11 is 0. The lowest BCUT2D eigenvalue weighted by Crippen LogP contribution is -2.25. The van der Waals surface area contributed by atoms with Crippen LogP contribution in [0.5, 0.6) is 0 Å². The highest BCUT2D eigenvalue weighted by Gasteiger charge is 2.39. The van der Waals surface area contributed by atoms with Gasteiger partial charge in [-0.1, -0.05) is 135 Å². The lowest BCUT2D eigenvalue weighted by molar-refractivity contribution is -0.152. The van der Waals surface area contributed by atoms with Crippen LogP contribution in [-0.4, -0.2) is 64.6 Å². The number of esters is 2. The van der Waals surface area contributed by atoms with Crippen molar-refractivity contribution in [2.75, 3.05) is 13.2 Å². The van der Waals surface area contributed by atoms with Crippen LogP contribution in [-0.2, 0) is 23.9 Å². The number of hydrogen-bond donors (Lipinski definition) is 3. The van der Waals surface area contributed by atoms with Gasteiger partial charge in [0, 0.05) is 31.1 Å². The van der Waals surface area contributed by atoms with E-state index in [1.807, 2.05) is 12.2 Å². The molecular weight excluding hydrogens is 608 g/mol. The van der Waals surface area contributed by atoms with Gasteiger partial charge in [0.25, 0.3) is 0 Å². The van der Waals surface area contributed by atoms with E-state index in [1.54, 1.807) is 12.2 Å². The molecule has 0 spiro atoms. The molecule has 8 heteroatoms. The first-order valence-corrected chi connectivity index (χ1v) is 19.4. The number of aliphatic hydroxyl groups excluding tert-OH is 3. The molecule has 0 radical (unpaired) electrons. The standard InChI is InChI=1S/C40H70O8/c1-4-6-17-23-33(41)27-28-36-35(37(43)29-38(36)44)24-19-15-16-21-26-40(46)48-31-34(42)30-47-39(45)25-20-14-12-10-8-7-9-11-13-18-22-32(3)5-2/h15,19,27-28,32-36,38,41-42,44H,4-14,16-18,20-26,29-31H2,1-3H3/b19-15-,28-27+/t32?,33-,34+,35+,36+,38+/m0/s1. The Kier molecular flexibility index (Phi) is 26.4. The molecule has 1 aliphatic carbocycles. The second-order valence-corrected chi connectivity index (χ2v) is 14.1. The average molecular weight is 679 g/mol. The number of ketones is 1. The van der Waals surface area contributed by atoms with Gasteiger partial charge < -0.3 is 24.8 Å². The Morgan fingerprint density at radius 3 is 1.96 bits per heavy atom. The summed E-state index contributed by atoms with van der Waals surface area (Å²) in [5.41, 5.74) is 0. The normalized spacial score (nSPS) is 20.0. The number of carbonyl (C=O) groups excluding carboxylic acids is 3. The first-order chi connectivity index (χ1) is 23.2. The molecule has 8 nitrogen and oxygen atoms in total. The van der Waals surface area contributed by atoms with Gasteiger partial charge in [-0.25, -0.2) is 0 Å². The highest BCUT2D eigenvalue weighted by molar-refractivity contribution is 5.84. The molecular formula is C40H70O8. The summed E-state index contributed by atoms with van der Waals surface area (Å²) in [6.07, 6.45) is 25.9. The van der Waals surface area contributed by atoms with Gasteiger partial charge in [0.2, 0.25) is 0 Å². The van der Waals surface area contributed by atoms with Crippen LogP contribution in [0.15, 0.2) is 24.3 Å².